The molecule has 1 aliphatic carbocycles. The van der Waals surface area contributed by atoms with Gasteiger partial charge in [-0.3, -0.25) is 14.8 Å². The van der Waals surface area contributed by atoms with E-state index >= 15 is 0 Å². The van der Waals surface area contributed by atoms with Gasteiger partial charge >= 0.3 is 0 Å². The molecular weight excluding hydrogens is 268 g/mol. The van der Waals surface area contributed by atoms with Crippen LogP contribution in [0.4, 0.5) is 0 Å². The first kappa shape index (κ1) is 14.5. The molecule has 1 aliphatic heterocycles. The molecule has 1 saturated carbocycles. The minimum atomic E-state index is -0.0903. The van der Waals surface area contributed by atoms with E-state index in [2.05, 4.69) is 34.3 Å². The Morgan fingerprint density at radius 3 is 2.81 bits per heavy atom. The van der Waals surface area contributed by atoms with Crippen molar-refractivity contribution in [1.82, 2.24) is 20.4 Å². The van der Waals surface area contributed by atoms with Gasteiger partial charge in [-0.1, -0.05) is 0 Å². The molecule has 0 aromatic carbocycles. The average molecular weight is 292 g/mol. The molecule has 0 unspecified atom stereocenters. The lowest BCUT2D eigenvalue weighted by atomic mass is 10.2. The molecule has 2 N–H and O–H groups in total. The van der Waals surface area contributed by atoms with E-state index in [1.165, 1.54) is 12.8 Å². The summed E-state index contributed by atoms with van der Waals surface area (Å²) in [5.74, 6) is 0.503. The van der Waals surface area contributed by atoms with Gasteiger partial charge in [0.05, 0.1) is 12.2 Å². The summed E-state index contributed by atoms with van der Waals surface area (Å²) in [6.07, 6.45) is 2.93. The van der Waals surface area contributed by atoms with Crippen LogP contribution in [0.1, 0.15) is 48.8 Å². The van der Waals surface area contributed by atoms with E-state index in [1.807, 2.05) is 6.07 Å². The van der Waals surface area contributed by atoms with Crippen LogP contribution in [0, 0.1) is 0 Å². The zero-order valence-electron chi connectivity index (χ0n) is 12.8. The molecule has 0 spiro atoms. The Balaban J connectivity index is 1.42. The molecule has 2 heterocycles. The number of rotatable bonds is 5. The van der Waals surface area contributed by atoms with Crippen LogP contribution >= 0.6 is 0 Å². The van der Waals surface area contributed by atoms with Crippen LogP contribution in [0.15, 0.2) is 6.07 Å². The third-order valence-electron chi connectivity index (χ3n) is 4.06. The van der Waals surface area contributed by atoms with Crippen molar-refractivity contribution in [3.8, 4) is 0 Å². The van der Waals surface area contributed by atoms with Gasteiger partial charge in [0, 0.05) is 37.8 Å². The summed E-state index contributed by atoms with van der Waals surface area (Å²) in [6, 6.07) is 1.88. The first-order valence-electron chi connectivity index (χ1n) is 7.83. The fourth-order valence-electron chi connectivity index (χ4n) is 2.94. The molecule has 1 aromatic rings. The standard InChI is InChI=1S/C15H24N4O2/c1-10-8-19(9-11(2)21-10)6-5-16-15(20)14-7-13(17-18-14)12-3-4-12/h7,10-12H,3-6,8-9H2,1-2H3,(H,16,20)(H,17,18)/t10-,11-/m0/s1. The van der Waals surface area contributed by atoms with Crippen LogP contribution in [0.2, 0.25) is 0 Å². The molecule has 0 radical (unpaired) electrons. The van der Waals surface area contributed by atoms with Gasteiger partial charge in [-0.25, -0.2) is 0 Å². The lowest BCUT2D eigenvalue weighted by Crippen LogP contribution is -2.47. The smallest absolute Gasteiger partial charge is 0.271 e. The fourth-order valence-corrected chi connectivity index (χ4v) is 2.94. The lowest BCUT2D eigenvalue weighted by molar-refractivity contribution is -0.0672. The summed E-state index contributed by atoms with van der Waals surface area (Å²) in [7, 11) is 0. The zero-order chi connectivity index (χ0) is 14.8. The van der Waals surface area contributed by atoms with E-state index in [4.69, 9.17) is 4.74 Å². The van der Waals surface area contributed by atoms with Gasteiger partial charge in [-0.05, 0) is 32.8 Å². The van der Waals surface area contributed by atoms with E-state index in [-0.39, 0.29) is 18.1 Å². The fraction of sp³-hybridized carbons (Fsp3) is 0.733. The van der Waals surface area contributed by atoms with Crippen molar-refractivity contribution < 1.29 is 9.53 Å². The molecule has 3 rings (SSSR count). The number of hydrogen-bond acceptors (Lipinski definition) is 4. The number of nitrogens with zero attached hydrogens (tertiary/aromatic N) is 2. The highest BCUT2D eigenvalue weighted by Gasteiger charge is 2.26. The van der Waals surface area contributed by atoms with Crippen molar-refractivity contribution in [3.63, 3.8) is 0 Å². The number of morpholine rings is 1. The maximum atomic E-state index is 12.0. The van der Waals surface area contributed by atoms with Crippen molar-refractivity contribution >= 4 is 5.91 Å². The number of aromatic nitrogens is 2. The third kappa shape index (κ3) is 3.83. The minimum absolute atomic E-state index is 0.0903. The van der Waals surface area contributed by atoms with Gasteiger partial charge in [0.2, 0.25) is 0 Å². The monoisotopic (exact) mass is 292 g/mol. The predicted octanol–water partition coefficient (Wildman–Crippen LogP) is 1.13. The molecule has 116 valence electrons. The maximum absolute atomic E-state index is 12.0. The SMILES string of the molecule is C[C@H]1CN(CCNC(=O)c2cc(C3CC3)[nH]n2)C[C@H](C)O1. The van der Waals surface area contributed by atoms with Crippen molar-refractivity contribution in [2.45, 2.75) is 44.8 Å². The second-order valence-corrected chi connectivity index (χ2v) is 6.26. The number of amides is 1. The summed E-state index contributed by atoms with van der Waals surface area (Å²) in [5.41, 5.74) is 1.59. The number of H-pyrrole nitrogens is 1. The number of carbonyl (C=O) groups excluding carboxylic acids is 1. The van der Waals surface area contributed by atoms with Crippen LogP contribution in [-0.2, 0) is 4.74 Å². The van der Waals surface area contributed by atoms with Crippen molar-refractivity contribution in [2.75, 3.05) is 26.2 Å². The molecule has 6 nitrogen and oxygen atoms in total. The number of carbonyl (C=O) groups is 1. The number of aromatic amines is 1. The second kappa shape index (κ2) is 6.15. The van der Waals surface area contributed by atoms with E-state index in [1.54, 1.807) is 0 Å². The van der Waals surface area contributed by atoms with Gasteiger partial charge in [-0.2, -0.15) is 5.10 Å². The molecule has 1 saturated heterocycles. The van der Waals surface area contributed by atoms with Gasteiger partial charge in [0.15, 0.2) is 0 Å². The molecule has 0 bridgehead atoms. The van der Waals surface area contributed by atoms with Crippen LogP contribution in [0.5, 0.6) is 0 Å². The van der Waals surface area contributed by atoms with Crippen LogP contribution < -0.4 is 5.32 Å². The molecular formula is C15H24N4O2. The van der Waals surface area contributed by atoms with Crippen molar-refractivity contribution in [2.24, 2.45) is 0 Å². The molecule has 6 heteroatoms. The Morgan fingerprint density at radius 1 is 1.43 bits per heavy atom. The summed E-state index contributed by atoms with van der Waals surface area (Å²) < 4.78 is 5.70. The van der Waals surface area contributed by atoms with Crippen LogP contribution in [0.25, 0.3) is 0 Å². The van der Waals surface area contributed by atoms with E-state index in [9.17, 15) is 4.79 Å². The molecule has 2 aliphatic rings. The van der Waals surface area contributed by atoms with E-state index in [0.29, 0.717) is 18.2 Å². The zero-order valence-corrected chi connectivity index (χ0v) is 12.8. The first-order valence-corrected chi connectivity index (χ1v) is 7.83. The average Bonchev–Trinajstić information content (AvgIpc) is 3.15. The summed E-state index contributed by atoms with van der Waals surface area (Å²) in [4.78, 5) is 14.4. The Morgan fingerprint density at radius 2 is 2.14 bits per heavy atom. The Bertz CT molecular complexity index is 488. The van der Waals surface area contributed by atoms with Crippen molar-refractivity contribution in [1.29, 1.82) is 0 Å². The maximum Gasteiger partial charge on any atom is 0.271 e. The molecule has 1 amide bonds. The number of ether oxygens (including phenoxy) is 1. The van der Waals surface area contributed by atoms with E-state index in [0.717, 1.165) is 25.3 Å². The largest absolute Gasteiger partial charge is 0.373 e. The minimum Gasteiger partial charge on any atom is -0.373 e. The normalized spacial score (nSPS) is 26.8. The first-order chi connectivity index (χ1) is 10.1. The van der Waals surface area contributed by atoms with Crippen LogP contribution in [0.3, 0.4) is 0 Å². The summed E-state index contributed by atoms with van der Waals surface area (Å²) in [6.45, 7) is 7.52. The lowest BCUT2D eigenvalue weighted by Gasteiger charge is -2.35. The molecule has 2 atom stereocenters. The highest BCUT2D eigenvalue weighted by atomic mass is 16.5. The Labute approximate surface area is 125 Å². The van der Waals surface area contributed by atoms with Crippen molar-refractivity contribution in [3.05, 3.63) is 17.5 Å². The molecule has 21 heavy (non-hydrogen) atoms. The van der Waals surface area contributed by atoms with Gasteiger partial charge < -0.3 is 10.1 Å². The second-order valence-electron chi connectivity index (χ2n) is 6.26. The topological polar surface area (TPSA) is 70.2 Å². The third-order valence-corrected chi connectivity index (χ3v) is 4.06. The Hall–Kier alpha value is -1.40. The quantitative estimate of drug-likeness (QED) is 0.853. The number of nitrogens with one attached hydrogen (secondary N) is 2. The van der Waals surface area contributed by atoms with Gasteiger partial charge in [0.25, 0.3) is 5.91 Å². The summed E-state index contributed by atoms with van der Waals surface area (Å²) in [5, 5.41) is 10.0. The van der Waals surface area contributed by atoms with Gasteiger partial charge in [0.1, 0.15) is 5.69 Å². The predicted molar refractivity (Wildman–Crippen MR) is 79.3 cm³/mol. The Kier molecular flexibility index (Phi) is 4.26. The molecule has 2 fully saturated rings. The summed E-state index contributed by atoms with van der Waals surface area (Å²) >= 11 is 0. The van der Waals surface area contributed by atoms with Gasteiger partial charge in [-0.15, -0.1) is 0 Å². The molecule has 1 aromatic heterocycles. The number of hydrogen-bond donors (Lipinski definition) is 2. The highest BCUT2D eigenvalue weighted by molar-refractivity contribution is 5.92. The van der Waals surface area contributed by atoms with Crippen LogP contribution in [-0.4, -0.2) is 59.4 Å². The van der Waals surface area contributed by atoms with E-state index < -0.39 is 0 Å². The highest BCUT2D eigenvalue weighted by Crippen LogP contribution is 2.38.